The van der Waals surface area contributed by atoms with Crippen molar-refractivity contribution in [3.05, 3.63) is 66.2 Å². The molecule has 1 fully saturated rings. The quantitative estimate of drug-likeness (QED) is 0.641. The number of hydrogen-bond donors (Lipinski definition) is 0. The minimum atomic E-state index is -0.0733. The summed E-state index contributed by atoms with van der Waals surface area (Å²) in [5.74, 6) is 1.04. The molecule has 2 aromatic rings. The highest BCUT2D eigenvalue weighted by Crippen LogP contribution is 2.28. The molecule has 0 atom stereocenters. The Bertz CT molecular complexity index is 829. The molecule has 0 aromatic heterocycles. The van der Waals surface area contributed by atoms with Crippen LogP contribution >= 0.6 is 0 Å². The maximum Gasteiger partial charge on any atom is 0.254 e. The van der Waals surface area contributed by atoms with E-state index < -0.39 is 0 Å². The monoisotopic (exact) mass is 396 g/mol. The van der Waals surface area contributed by atoms with Gasteiger partial charge >= 0.3 is 0 Å². The van der Waals surface area contributed by atoms with Crippen LogP contribution < -0.4 is 14.4 Å². The summed E-state index contributed by atoms with van der Waals surface area (Å²) in [6.07, 6.45) is 1.66. The van der Waals surface area contributed by atoms with Crippen molar-refractivity contribution in [2.24, 2.45) is 0 Å². The molecule has 0 unspecified atom stereocenters. The fourth-order valence-corrected chi connectivity index (χ4v) is 3.27. The molecule has 3 rings (SSSR count). The van der Waals surface area contributed by atoms with Crippen molar-refractivity contribution in [3.8, 4) is 11.5 Å². The predicted octanol–water partition coefficient (Wildman–Crippen LogP) is 3.37. The largest absolute Gasteiger partial charge is 0.493 e. The summed E-state index contributed by atoms with van der Waals surface area (Å²) < 4.78 is 16.3. The zero-order valence-electron chi connectivity index (χ0n) is 17.1. The number of anilines is 1. The van der Waals surface area contributed by atoms with Crippen molar-refractivity contribution < 1.29 is 19.0 Å². The Morgan fingerprint density at radius 1 is 1.17 bits per heavy atom. The Morgan fingerprint density at radius 2 is 1.90 bits per heavy atom. The Hall–Kier alpha value is -2.99. The molecule has 6 nitrogen and oxygen atoms in total. The molecular weight excluding hydrogens is 368 g/mol. The van der Waals surface area contributed by atoms with Crippen LogP contribution in [-0.2, 0) is 11.3 Å². The molecule has 1 heterocycles. The number of morpholine rings is 1. The van der Waals surface area contributed by atoms with Crippen LogP contribution in [0.15, 0.2) is 55.1 Å². The summed E-state index contributed by atoms with van der Waals surface area (Å²) >= 11 is 0. The third-order valence-corrected chi connectivity index (χ3v) is 4.85. The molecule has 1 aliphatic rings. The van der Waals surface area contributed by atoms with Gasteiger partial charge < -0.3 is 24.0 Å². The van der Waals surface area contributed by atoms with E-state index in [1.54, 1.807) is 43.3 Å². The first-order chi connectivity index (χ1) is 14.1. The molecule has 0 aliphatic carbocycles. The first-order valence-electron chi connectivity index (χ1n) is 9.71. The number of hydrogen-bond acceptors (Lipinski definition) is 5. The van der Waals surface area contributed by atoms with Crippen molar-refractivity contribution in [2.45, 2.75) is 6.54 Å². The lowest BCUT2D eigenvalue weighted by molar-refractivity contribution is 0.0784. The average Bonchev–Trinajstić information content (AvgIpc) is 2.78. The highest BCUT2D eigenvalue weighted by Gasteiger charge is 2.16. The van der Waals surface area contributed by atoms with Crippen LogP contribution in [-0.4, -0.2) is 57.9 Å². The van der Waals surface area contributed by atoms with Crippen molar-refractivity contribution in [1.82, 2.24) is 4.90 Å². The van der Waals surface area contributed by atoms with Crippen LogP contribution in [0, 0.1) is 0 Å². The molecule has 0 N–H and O–H groups in total. The summed E-state index contributed by atoms with van der Waals surface area (Å²) in [6.45, 7) is 7.89. The summed E-state index contributed by atoms with van der Waals surface area (Å²) in [6, 6.07) is 13.6. The lowest BCUT2D eigenvalue weighted by Gasteiger charge is -2.29. The number of rotatable bonds is 8. The van der Waals surface area contributed by atoms with Crippen LogP contribution in [0.1, 0.15) is 15.9 Å². The number of carbonyl (C=O) groups excluding carboxylic acids is 1. The second-order valence-electron chi connectivity index (χ2n) is 6.89. The molecule has 0 spiro atoms. The second-order valence-corrected chi connectivity index (χ2v) is 6.89. The summed E-state index contributed by atoms with van der Waals surface area (Å²) in [4.78, 5) is 16.9. The molecule has 29 heavy (non-hydrogen) atoms. The van der Waals surface area contributed by atoms with Crippen LogP contribution in [0.2, 0.25) is 0 Å². The molecule has 0 radical (unpaired) electrons. The van der Waals surface area contributed by atoms with E-state index in [1.165, 1.54) is 5.69 Å². The van der Waals surface area contributed by atoms with Crippen molar-refractivity contribution >= 4 is 11.6 Å². The number of carbonyl (C=O) groups is 1. The second kappa shape index (κ2) is 9.98. The van der Waals surface area contributed by atoms with Gasteiger partial charge in [-0.1, -0.05) is 24.8 Å². The van der Waals surface area contributed by atoms with Crippen molar-refractivity contribution in [3.63, 3.8) is 0 Å². The van der Waals surface area contributed by atoms with Crippen LogP contribution in [0.4, 0.5) is 5.69 Å². The highest BCUT2D eigenvalue weighted by molar-refractivity contribution is 5.94. The van der Waals surface area contributed by atoms with Gasteiger partial charge in [-0.15, -0.1) is 0 Å². The lowest BCUT2D eigenvalue weighted by Crippen LogP contribution is -2.36. The van der Waals surface area contributed by atoms with Gasteiger partial charge in [-0.3, -0.25) is 4.79 Å². The standard InChI is InChI=1S/C23H28N2O4/c1-4-13-29-21-10-7-19(16-22(21)27-3)23(26)24(2)17-18-5-8-20(9-6-18)25-11-14-28-15-12-25/h4-10,16H,1,11-15,17H2,2-3H3. The molecule has 6 heteroatoms. The maximum absolute atomic E-state index is 12.8. The third kappa shape index (κ3) is 5.29. The molecular formula is C23H28N2O4. The average molecular weight is 396 g/mol. The molecule has 0 saturated carbocycles. The summed E-state index contributed by atoms with van der Waals surface area (Å²) in [7, 11) is 3.36. The third-order valence-electron chi connectivity index (χ3n) is 4.85. The number of ether oxygens (including phenoxy) is 3. The Kier molecular flexibility index (Phi) is 7.14. The molecule has 2 aromatic carbocycles. The normalized spacial score (nSPS) is 13.7. The Labute approximate surface area is 172 Å². The minimum Gasteiger partial charge on any atom is -0.493 e. The van der Waals surface area contributed by atoms with E-state index in [0.29, 0.717) is 30.2 Å². The molecule has 1 saturated heterocycles. The SMILES string of the molecule is C=CCOc1ccc(C(=O)N(C)Cc2ccc(N3CCOCC3)cc2)cc1OC. The summed E-state index contributed by atoms with van der Waals surface area (Å²) in [5.41, 5.74) is 2.82. The van der Waals surface area contributed by atoms with Gasteiger partial charge in [-0.2, -0.15) is 0 Å². The Morgan fingerprint density at radius 3 is 2.55 bits per heavy atom. The van der Waals surface area contributed by atoms with Gasteiger partial charge in [0.15, 0.2) is 11.5 Å². The first kappa shape index (κ1) is 20.7. The number of benzene rings is 2. The van der Waals surface area contributed by atoms with Crippen LogP contribution in [0.25, 0.3) is 0 Å². The number of methoxy groups -OCH3 is 1. The van der Waals surface area contributed by atoms with E-state index in [4.69, 9.17) is 14.2 Å². The predicted molar refractivity (Wildman–Crippen MR) is 114 cm³/mol. The smallest absolute Gasteiger partial charge is 0.254 e. The highest BCUT2D eigenvalue weighted by atomic mass is 16.5. The zero-order valence-corrected chi connectivity index (χ0v) is 17.1. The molecule has 0 bridgehead atoms. The summed E-state index contributed by atoms with van der Waals surface area (Å²) in [5, 5.41) is 0. The molecule has 1 amide bonds. The van der Waals surface area contributed by atoms with Crippen LogP contribution in [0.5, 0.6) is 11.5 Å². The van der Waals surface area contributed by atoms with Crippen LogP contribution in [0.3, 0.4) is 0 Å². The molecule has 1 aliphatic heterocycles. The first-order valence-corrected chi connectivity index (χ1v) is 9.71. The van der Waals surface area contributed by atoms with Gasteiger partial charge in [0, 0.05) is 37.9 Å². The number of amides is 1. The Balaban J connectivity index is 1.64. The number of nitrogens with zero attached hydrogens (tertiary/aromatic N) is 2. The van der Waals surface area contributed by atoms with E-state index in [1.807, 2.05) is 0 Å². The van der Waals surface area contributed by atoms with Crippen molar-refractivity contribution in [1.29, 1.82) is 0 Å². The van der Waals surface area contributed by atoms with E-state index in [2.05, 4.69) is 35.7 Å². The molecule has 154 valence electrons. The van der Waals surface area contributed by atoms with Crippen molar-refractivity contribution in [2.75, 3.05) is 52.0 Å². The van der Waals surface area contributed by atoms with Gasteiger partial charge in [0.2, 0.25) is 0 Å². The minimum absolute atomic E-state index is 0.0733. The van der Waals surface area contributed by atoms with Gasteiger partial charge in [0.05, 0.1) is 20.3 Å². The van der Waals surface area contributed by atoms with Gasteiger partial charge in [0.1, 0.15) is 6.61 Å². The fraction of sp³-hybridized carbons (Fsp3) is 0.348. The van der Waals surface area contributed by atoms with Gasteiger partial charge in [-0.25, -0.2) is 0 Å². The lowest BCUT2D eigenvalue weighted by atomic mass is 10.1. The van der Waals surface area contributed by atoms with E-state index in [9.17, 15) is 4.79 Å². The van der Waals surface area contributed by atoms with E-state index >= 15 is 0 Å². The van der Waals surface area contributed by atoms with Gasteiger partial charge in [0.25, 0.3) is 5.91 Å². The van der Waals surface area contributed by atoms with Gasteiger partial charge in [-0.05, 0) is 35.9 Å². The topological polar surface area (TPSA) is 51.2 Å². The van der Waals surface area contributed by atoms with E-state index in [-0.39, 0.29) is 5.91 Å². The van der Waals surface area contributed by atoms with E-state index in [0.717, 1.165) is 31.9 Å². The maximum atomic E-state index is 12.8. The fourth-order valence-electron chi connectivity index (χ4n) is 3.27. The zero-order chi connectivity index (χ0) is 20.6.